The summed E-state index contributed by atoms with van der Waals surface area (Å²) in [4.78, 5) is 12.3. The lowest BCUT2D eigenvalue weighted by atomic mass is 10.1. The molecule has 0 fully saturated rings. The van der Waals surface area contributed by atoms with Crippen LogP contribution in [0.4, 0.5) is 18.9 Å². The minimum atomic E-state index is -4.50. The Labute approximate surface area is 98.0 Å². The maximum absolute atomic E-state index is 12.7. The highest BCUT2D eigenvalue weighted by Gasteiger charge is 2.33. The lowest BCUT2D eigenvalue weighted by molar-refractivity contribution is -0.137. The molecule has 0 unspecified atom stereocenters. The van der Waals surface area contributed by atoms with Gasteiger partial charge in [-0.2, -0.15) is 13.2 Å². The van der Waals surface area contributed by atoms with Crippen LogP contribution in [-0.4, -0.2) is 19.9 Å². The second kappa shape index (κ2) is 5.21. The maximum Gasteiger partial charge on any atom is 0.417 e. The predicted octanol–water partition coefficient (Wildman–Crippen LogP) is 3.36. The summed E-state index contributed by atoms with van der Waals surface area (Å²) in [7, 11) is 1.72. The molecule has 1 aromatic rings. The molecule has 0 amide bonds. The molecule has 94 valence electrons. The highest BCUT2D eigenvalue weighted by atomic mass is 19.4. The average Bonchev–Trinajstić information content (AvgIpc) is 2.27. The number of aldehydes is 1. The van der Waals surface area contributed by atoms with E-state index in [1.807, 2.05) is 6.92 Å². The Bertz CT molecular complexity index is 401. The number of carbonyl (C=O) groups excluding carboxylic acids is 1. The summed E-state index contributed by atoms with van der Waals surface area (Å²) in [6, 6.07) is 3.74. The number of benzene rings is 1. The van der Waals surface area contributed by atoms with E-state index in [0.29, 0.717) is 12.2 Å². The molecular weight excluding hydrogens is 231 g/mol. The number of hydrogen-bond acceptors (Lipinski definition) is 2. The molecule has 0 bridgehead atoms. The minimum absolute atomic E-state index is 0.229. The molecule has 0 aliphatic carbocycles. The van der Waals surface area contributed by atoms with E-state index in [-0.39, 0.29) is 11.8 Å². The van der Waals surface area contributed by atoms with Crippen LogP contribution in [0.25, 0.3) is 0 Å². The number of halogens is 3. The second-order valence-electron chi connectivity index (χ2n) is 3.81. The molecule has 0 aliphatic heterocycles. The molecule has 1 aromatic carbocycles. The molecule has 0 N–H and O–H groups in total. The van der Waals surface area contributed by atoms with Crippen LogP contribution >= 0.6 is 0 Å². The minimum Gasteiger partial charge on any atom is -0.375 e. The van der Waals surface area contributed by atoms with Crippen LogP contribution < -0.4 is 4.90 Å². The third-order valence-corrected chi connectivity index (χ3v) is 2.47. The van der Waals surface area contributed by atoms with Gasteiger partial charge in [-0.1, -0.05) is 6.92 Å². The largest absolute Gasteiger partial charge is 0.417 e. The van der Waals surface area contributed by atoms with E-state index < -0.39 is 11.7 Å². The van der Waals surface area contributed by atoms with Crippen molar-refractivity contribution in [2.75, 3.05) is 18.5 Å². The fourth-order valence-corrected chi connectivity index (χ4v) is 1.59. The Kier molecular flexibility index (Phi) is 4.15. The monoisotopic (exact) mass is 245 g/mol. The third kappa shape index (κ3) is 3.22. The molecule has 0 saturated carbocycles. The summed E-state index contributed by atoms with van der Waals surface area (Å²) in [6.45, 7) is 2.61. The van der Waals surface area contributed by atoms with Crippen LogP contribution in [0, 0.1) is 0 Å². The summed E-state index contributed by atoms with van der Waals surface area (Å²) >= 11 is 0. The van der Waals surface area contributed by atoms with Crippen molar-refractivity contribution < 1.29 is 18.0 Å². The molecule has 0 atom stereocenters. The van der Waals surface area contributed by atoms with Gasteiger partial charge in [0.1, 0.15) is 0 Å². The molecule has 0 spiro atoms. The Morgan fingerprint density at radius 1 is 1.35 bits per heavy atom. The van der Waals surface area contributed by atoms with Crippen LogP contribution in [0.5, 0.6) is 0 Å². The average molecular weight is 245 g/mol. The molecule has 0 aliphatic rings. The first-order valence-electron chi connectivity index (χ1n) is 5.27. The van der Waals surface area contributed by atoms with E-state index in [2.05, 4.69) is 0 Å². The number of nitrogens with zero attached hydrogens (tertiary/aromatic N) is 1. The van der Waals surface area contributed by atoms with Gasteiger partial charge in [0.15, 0.2) is 6.29 Å². The van der Waals surface area contributed by atoms with Crippen molar-refractivity contribution in [2.24, 2.45) is 0 Å². The van der Waals surface area contributed by atoms with Crippen LogP contribution in [-0.2, 0) is 6.18 Å². The van der Waals surface area contributed by atoms with Gasteiger partial charge in [-0.15, -0.1) is 0 Å². The smallest absolute Gasteiger partial charge is 0.375 e. The van der Waals surface area contributed by atoms with E-state index in [9.17, 15) is 18.0 Å². The first kappa shape index (κ1) is 13.5. The Hall–Kier alpha value is -1.52. The number of anilines is 1. The van der Waals surface area contributed by atoms with Crippen LogP contribution in [0.3, 0.4) is 0 Å². The van der Waals surface area contributed by atoms with Gasteiger partial charge in [-0.05, 0) is 24.6 Å². The summed E-state index contributed by atoms with van der Waals surface area (Å²) in [5, 5.41) is 0. The maximum atomic E-state index is 12.7. The van der Waals surface area contributed by atoms with E-state index in [1.54, 1.807) is 11.9 Å². The molecule has 2 nitrogen and oxygen atoms in total. The van der Waals surface area contributed by atoms with Crippen molar-refractivity contribution >= 4 is 12.0 Å². The third-order valence-electron chi connectivity index (χ3n) is 2.47. The number of alkyl halides is 3. The van der Waals surface area contributed by atoms with E-state index in [4.69, 9.17) is 0 Å². The Balaban J connectivity index is 3.18. The normalized spacial score (nSPS) is 11.4. The zero-order valence-electron chi connectivity index (χ0n) is 9.71. The van der Waals surface area contributed by atoms with Gasteiger partial charge in [-0.25, -0.2) is 0 Å². The molecule has 1 rings (SSSR count). The second-order valence-corrected chi connectivity index (χ2v) is 3.81. The van der Waals surface area contributed by atoms with Gasteiger partial charge < -0.3 is 4.90 Å². The van der Waals surface area contributed by atoms with Crippen LogP contribution in [0.1, 0.15) is 29.3 Å². The molecule has 17 heavy (non-hydrogen) atoms. The van der Waals surface area contributed by atoms with E-state index in [0.717, 1.165) is 12.5 Å². The lowest BCUT2D eigenvalue weighted by Crippen LogP contribution is -2.19. The van der Waals surface area contributed by atoms with Crippen LogP contribution in [0.15, 0.2) is 18.2 Å². The summed E-state index contributed by atoms with van der Waals surface area (Å²) < 4.78 is 38.1. The van der Waals surface area contributed by atoms with Crippen LogP contribution in [0.2, 0.25) is 0 Å². The summed E-state index contributed by atoms with van der Waals surface area (Å²) in [5.41, 5.74) is -0.746. The molecule has 0 saturated heterocycles. The van der Waals surface area contributed by atoms with Crippen molar-refractivity contribution in [1.82, 2.24) is 0 Å². The predicted molar refractivity (Wildman–Crippen MR) is 60.4 cm³/mol. The standard InChI is InChI=1S/C12H14F3NO/c1-3-6-16(2)10-5-4-9(8-17)11(7-10)12(13,14)15/h4-5,7-8H,3,6H2,1-2H3. The van der Waals surface area contributed by atoms with Gasteiger partial charge in [0.05, 0.1) is 5.56 Å². The van der Waals surface area contributed by atoms with Crippen molar-refractivity contribution in [3.63, 3.8) is 0 Å². The van der Waals surface area contributed by atoms with Crippen molar-refractivity contribution in [1.29, 1.82) is 0 Å². The molecular formula is C12H14F3NO. The number of hydrogen-bond donors (Lipinski definition) is 0. The highest BCUT2D eigenvalue weighted by Crippen LogP contribution is 2.33. The first-order valence-corrected chi connectivity index (χ1v) is 5.27. The molecule has 0 heterocycles. The first-order chi connectivity index (χ1) is 7.90. The molecule has 5 heteroatoms. The topological polar surface area (TPSA) is 20.3 Å². The SMILES string of the molecule is CCCN(C)c1ccc(C=O)c(C(F)(F)F)c1. The molecule has 0 radical (unpaired) electrons. The van der Waals surface area contributed by atoms with Gasteiger partial charge >= 0.3 is 6.18 Å². The Morgan fingerprint density at radius 2 is 2.00 bits per heavy atom. The zero-order valence-corrected chi connectivity index (χ0v) is 9.71. The van der Waals surface area contributed by atoms with Gasteiger partial charge in [0.25, 0.3) is 0 Å². The lowest BCUT2D eigenvalue weighted by Gasteiger charge is -2.20. The summed E-state index contributed by atoms with van der Waals surface area (Å²) in [6.07, 6.45) is -3.43. The quantitative estimate of drug-likeness (QED) is 0.758. The van der Waals surface area contributed by atoms with E-state index in [1.165, 1.54) is 12.1 Å². The highest BCUT2D eigenvalue weighted by molar-refractivity contribution is 5.79. The zero-order chi connectivity index (χ0) is 13.1. The fraction of sp³-hybridized carbons (Fsp3) is 0.417. The molecule has 0 aromatic heterocycles. The van der Waals surface area contributed by atoms with Gasteiger partial charge in [-0.3, -0.25) is 4.79 Å². The van der Waals surface area contributed by atoms with Crippen molar-refractivity contribution in [3.05, 3.63) is 29.3 Å². The fourth-order valence-electron chi connectivity index (χ4n) is 1.59. The van der Waals surface area contributed by atoms with E-state index >= 15 is 0 Å². The van der Waals surface area contributed by atoms with Gasteiger partial charge in [0.2, 0.25) is 0 Å². The number of carbonyl (C=O) groups is 1. The number of rotatable bonds is 4. The Morgan fingerprint density at radius 3 is 2.47 bits per heavy atom. The van der Waals surface area contributed by atoms with Gasteiger partial charge in [0, 0.05) is 24.8 Å². The van der Waals surface area contributed by atoms with Crippen molar-refractivity contribution in [3.8, 4) is 0 Å². The summed E-state index contributed by atoms with van der Waals surface area (Å²) in [5.74, 6) is 0. The van der Waals surface area contributed by atoms with Crippen molar-refractivity contribution in [2.45, 2.75) is 19.5 Å².